The Balaban J connectivity index is 4.03. The van der Waals surface area contributed by atoms with E-state index in [-0.39, 0.29) is 17.7 Å². The zero-order valence-corrected chi connectivity index (χ0v) is 11.9. The van der Waals surface area contributed by atoms with Gasteiger partial charge in [-0.25, -0.2) is 0 Å². The fraction of sp³-hybridized carbons (Fsp3) is 0.833. The van der Waals surface area contributed by atoms with Gasteiger partial charge in [0.1, 0.15) is 0 Å². The van der Waals surface area contributed by atoms with Crippen LogP contribution in [0, 0.1) is 5.92 Å². The second-order valence-corrected chi connectivity index (χ2v) is 4.67. The molecule has 0 aromatic heterocycles. The van der Waals surface area contributed by atoms with Crippen LogP contribution < -0.4 is 11.1 Å². The molecule has 106 valence electrons. The van der Waals surface area contributed by atoms with Gasteiger partial charge in [0.25, 0.3) is 0 Å². The molecule has 0 fully saturated rings. The Morgan fingerprint density at radius 1 is 1.33 bits per heavy atom. The standard InChI is InChI=1S/C12H26N4O2/c1-10(12(18)14-2)8-15(3)9-11(17)16(4)7-5-6-13/h10H,5-9,13H2,1-4H3,(H,14,18). The molecule has 0 spiro atoms. The second-order valence-electron chi connectivity index (χ2n) is 4.67. The van der Waals surface area contributed by atoms with Crippen molar-refractivity contribution in [3.8, 4) is 0 Å². The molecule has 0 rings (SSSR count). The van der Waals surface area contributed by atoms with E-state index < -0.39 is 0 Å². The number of hydrogen-bond acceptors (Lipinski definition) is 4. The molecule has 0 aliphatic heterocycles. The van der Waals surface area contributed by atoms with Gasteiger partial charge >= 0.3 is 0 Å². The summed E-state index contributed by atoms with van der Waals surface area (Å²) in [5.41, 5.74) is 5.40. The first-order valence-corrected chi connectivity index (χ1v) is 6.26. The number of hydrogen-bond donors (Lipinski definition) is 2. The van der Waals surface area contributed by atoms with Crippen LogP contribution in [-0.4, -0.2) is 68.9 Å². The third kappa shape index (κ3) is 6.56. The van der Waals surface area contributed by atoms with Crippen LogP contribution in [0.25, 0.3) is 0 Å². The second kappa shape index (κ2) is 8.88. The van der Waals surface area contributed by atoms with Crippen molar-refractivity contribution in [2.45, 2.75) is 13.3 Å². The van der Waals surface area contributed by atoms with Gasteiger partial charge in [-0.1, -0.05) is 6.92 Å². The van der Waals surface area contributed by atoms with E-state index in [0.717, 1.165) is 6.42 Å². The van der Waals surface area contributed by atoms with Gasteiger partial charge in [-0.3, -0.25) is 14.5 Å². The van der Waals surface area contributed by atoms with E-state index in [2.05, 4.69) is 5.32 Å². The topological polar surface area (TPSA) is 78.7 Å². The lowest BCUT2D eigenvalue weighted by atomic mass is 10.1. The molecule has 0 saturated carbocycles. The highest BCUT2D eigenvalue weighted by atomic mass is 16.2. The summed E-state index contributed by atoms with van der Waals surface area (Å²) in [6, 6.07) is 0. The lowest BCUT2D eigenvalue weighted by Crippen LogP contribution is -2.41. The molecule has 6 heteroatoms. The maximum absolute atomic E-state index is 11.8. The Kier molecular flexibility index (Phi) is 8.32. The van der Waals surface area contributed by atoms with Crippen LogP contribution in [0.1, 0.15) is 13.3 Å². The summed E-state index contributed by atoms with van der Waals surface area (Å²) in [6.07, 6.45) is 0.806. The fourth-order valence-electron chi connectivity index (χ4n) is 1.67. The molecule has 0 saturated heterocycles. The van der Waals surface area contributed by atoms with E-state index in [1.54, 1.807) is 19.0 Å². The first kappa shape index (κ1) is 16.9. The van der Waals surface area contributed by atoms with Gasteiger partial charge < -0.3 is 16.0 Å². The summed E-state index contributed by atoms with van der Waals surface area (Å²) in [5.74, 6) is -0.0806. The van der Waals surface area contributed by atoms with Crippen LogP contribution in [0.5, 0.6) is 0 Å². The van der Waals surface area contributed by atoms with E-state index in [1.807, 2.05) is 18.9 Å². The number of amides is 2. The number of likely N-dealkylation sites (N-methyl/N-ethyl adjacent to an activating group) is 2. The average molecular weight is 258 g/mol. The van der Waals surface area contributed by atoms with Crippen LogP contribution in [0.2, 0.25) is 0 Å². The predicted octanol–water partition coefficient (Wildman–Crippen LogP) is -0.892. The molecule has 0 aromatic rings. The van der Waals surface area contributed by atoms with E-state index >= 15 is 0 Å². The molecule has 0 bridgehead atoms. The average Bonchev–Trinajstić information content (AvgIpc) is 2.34. The van der Waals surface area contributed by atoms with E-state index in [1.165, 1.54) is 0 Å². The first-order chi connectivity index (χ1) is 8.42. The lowest BCUT2D eigenvalue weighted by molar-refractivity contribution is -0.132. The van der Waals surface area contributed by atoms with Crippen molar-refractivity contribution in [1.29, 1.82) is 0 Å². The SMILES string of the molecule is CNC(=O)C(C)CN(C)CC(=O)N(C)CCCN. The summed E-state index contributed by atoms with van der Waals surface area (Å²) < 4.78 is 0. The Hall–Kier alpha value is -1.14. The quantitative estimate of drug-likeness (QED) is 0.592. The van der Waals surface area contributed by atoms with Gasteiger partial charge in [-0.05, 0) is 20.0 Å². The predicted molar refractivity (Wildman–Crippen MR) is 72.0 cm³/mol. The summed E-state index contributed by atoms with van der Waals surface area (Å²) >= 11 is 0. The molecule has 3 N–H and O–H groups in total. The third-order valence-electron chi connectivity index (χ3n) is 2.81. The maximum Gasteiger partial charge on any atom is 0.236 e. The van der Waals surface area contributed by atoms with Gasteiger partial charge in [-0.2, -0.15) is 0 Å². The summed E-state index contributed by atoms with van der Waals surface area (Å²) in [7, 11) is 5.23. The van der Waals surface area contributed by atoms with Crippen LogP contribution >= 0.6 is 0 Å². The highest BCUT2D eigenvalue weighted by molar-refractivity contribution is 5.79. The molecule has 6 nitrogen and oxygen atoms in total. The number of nitrogens with two attached hydrogens (primary N) is 1. The van der Waals surface area contributed by atoms with Crippen molar-refractivity contribution in [3.63, 3.8) is 0 Å². The van der Waals surface area contributed by atoms with Gasteiger partial charge in [0.2, 0.25) is 11.8 Å². The Labute approximate surface area is 109 Å². The molecule has 18 heavy (non-hydrogen) atoms. The van der Waals surface area contributed by atoms with E-state index in [0.29, 0.717) is 26.2 Å². The molecule has 1 atom stereocenters. The molecule has 1 unspecified atom stereocenters. The normalized spacial score (nSPS) is 12.3. The number of rotatable bonds is 8. The molecule has 0 aliphatic rings. The first-order valence-electron chi connectivity index (χ1n) is 6.26. The Morgan fingerprint density at radius 2 is 1.94 bits per heavy atom. The maximum atomic E-state index is 11.8. The molecule has 0 radical (unpaired) electrons. The zero-order valence-electron chi connectivity index (χ0n) is 11.9. The Morgan fingerprint density at radius 3 is 2.44 bits per heavy atom. The minimum Gasteiger partial charge on any atom is -0.359 e. The fourth-order valence-corrected chi connectivity index (χ4v) is 1.67. The number of carbonyl (C=O) groups is 2. The van der Waals surface area contributed by atoms with Gasteiger partial charge in [-0.15, -0.1) is 0 Å². The highest BCUT2D eigenvalue weighted by Crippen LogP contribution is 1.99. The molecule has 0 aliphatic carbocycles. The van der Waals surface area contributed by atoms with Crippen LogP contribution in [0.15, 0.2) is 0 Å². The molecular formula is C12H26N4O2. The van der Waals surface area contributed by atoms with E-state index in [4.69, 9.17) is 5.73 Å². The largest absolute Gasteiger partial charge is 0.359 e. The van der Waals surface area contributed by atoms with Gasteiger partial charge in [0, 0.05) is 33.1 Å². The van der Waals surface area contributed by atoms with Crippen molar-refractivity contribution in [2.75, 3.05) is 47.3 Å². The molecule has 0 aromatic carbocycles. The van der Waals surface area contributed by atoms with Crippen LogP contribution in [-0.2, 0) is 9.59 Å². The molecule has 2 amide bonds. The molecular weight excluding hydrogens is 232 g/mol. The van der Waals surface area contributed by atoms with Gasteiger partial charge in [0.05, 0.1) is 6.54 Å². The monoisotopic (exact) mass is 258 g/mol. The van der Waals surface area contributed by atoms with Gasteiger partial charge in [0.15, 0.2) is 0 Å². The zero-order chi connectivity index (χ0) is 14.1. The van der Waals surface area contributed by atoms with Crippen molar-refractivity contribution in [3.05, 3.63) is 0 Å². The lowest BCUT2D eigenvalue weighted by Gasteiger charge is -2.23. The molecule has 0 heterocycles. The minimum atomic E-state index is -0.123. The Bertz CT molecular complexity index is 271. The third-order valence-corrected chi connectivity index (χ3v) is 2.81. The number of nitrogens with zero attached hydrogens (tertiary/aromatic N) is 2. The summed E-state index contributed by atoms with van der Waals surface area (Å²) in [4.78, 5) is 26.7. The summed E-state index contributed by atoms with van der Waals surface area (Å²) in [6.45, 7) is 3.99. The van der Waals surface area contributed by atoms with Crippen molar-refractivity contribution < 1.29 is 9.59 Å². The van der Waals surface area contributed by atoms with Crippen LogP contribution in [0.3, 0.4) is 0 Å². The van der Waals surface area contributed by atoms with Crippen molar-refractivity contribution >= 4 is 11.8 Å². The summed E-state index contributed by atoms with van der Waals surface area (Å²) in [5, 5.41) is 2.60. The van der Waals surface area contributed by atoms with E-state index in [9.17, 15) is 9.59 Å². The number of nitrogens with one attached hydrogen (secondary N) is 1. The minimum absolute atomic E-state index is 0.00853. The number of carbonyl (C=O) groups excluding carboxylic acids is 2. The van der Waals surface area contributed by atoms with Crippen molar-refractivity contribution in [1.82, 2.24) is 15.1 Å². The highest BCUT2D eigenvalue weighted by Gasteiger charge is 2.16. The van der Waals surface area contributed by atoms with Crippen LogP contribution in [0.4, 0.5) is 0 Å². The smallest absolute Gasteiger partial charge is 0.236 e. The van der Waals surface area contributed by atoms with Crippen molar-refractivity contribution in [2.24, 2.45) is 11.7 Å².